The van der Waals surface area contributed by atoms with Gasteiger partial charge in [-0.3, -0.25) is 9.69 Å². The monoisotopic (exact) mass is 344 g/mol. The molecule has 1 saturated heterocycles. The quantitative estimate of drug-likeness (QED) is 0.856. The molecular formula is C18H24N4O3. The minimum absolute atomic E-state index is 0.116. The first-order chi connectivity index (χ1) is 12.1. The second kappa shape index (κ2) is 8.22. The van der Waals surface area contributed by atoms with Gasteiger partial charge >= 0.3 is 0 Å². The SMILES string of the molecule is C[C@@H]1CN(Cc2nc(CC(=O)NCc3ccccc3)no2)[C@@H](C)CO1. The molecule has 2 heterocycles. The van der Waals surface area contributed by atoms with Crippen LogP contribution >= 0.6 is 0 Å². The fraction of sp³-hybridized carbons (Fsp3) is 0.500. The summed E-state index contributed by atoms with van der Waals surface area (Å²) in [5.74, 6) is 0.825. The molecule has 1 fully saturated rings. The molecule has 7 heteroatoms. The van der Waals surface area contributed by atoms with Crippen LogP contribution in [-0.2, 0) is 29.0 Å². The Morgan fingerprint density at radius 1 is 1.32 bits per heavy atom. The molecule has 134 valence electrons. The van der Waals surface area contributed by atoms with Crippen LogP contribution in [0.1, 0.15) is 31.1 Å². The van der Waals surface area contributed by atoms with Gasteiger partial charge in [0, 0.05) is 19.1 Å². The molecule has 0 aliphatic carbocycles. The zero-order chi connectivity index (χ0) is 17.6. The van der Waals surface area contributed by atoms with Crippen LogP contribution in [0.3, 0.4) is 0 Å². The van der Waals surface area contributed by atoms with Gasteiger partial charge in [-0.2, -0.15) is 4.98 Å². The molecule has 1 amide bonds. The van der Waals surface area contributed by atoms with Crippen molar-refractivity contribution in [1.82, 2.24) is 20.4 Å². The summed E-state index contributed by atoms with van der Waals surface area (Å²) in [6.07, 6.45) is 0.313. The van der Waals surface area contributed by atoms with Crippen molar-refractivity contribution in [2.75, 3.05) is 13.2 Å². The lowest BCUT2D eigenvalue weighted by molar-refractivity contribution is -0.120. The molecule has 0 unspecified atom stereocenters. The summed E-state index contributed by atoms with van der Waals surface area (Å²) < 4.78 is 10.9. The number of aromatic nitrogens is 2. The summed E-state index contributed by atoms with van der Waals surface area (Å²) in [4.78, 5) is 18.6. The Morgan fingerprint density at radius 3 is 2.92 bits per heavy atom. The number of benzene rings is 1. The van der Waals surface area contributed by atoms with Crippen LogP contribution in [0, 0.1) is 0 Å². The number of ether oxygens (including phenoxy) is 1. The first-order valence-corrected chi connectivity index (χ1v) is 8.58. The van der Waals surface area contributed by atoms with Crippen LogP contribution < -0.4 is 5.32 Å². The molecule has 2 atom stereocenters. The van der Waals surface area contributed by atoms with Crippen molar-refractivity contribution in [1.29, 1.82) is 0 Å². The fourth-order valence-electron chi connectivity index (χ4n) is 2.79. The Morgan fingerprint density at radius 2 is 2.12 bits per heavy atom. The normalized spacial score (nSPS) is 21.2. The standard InChI is InChI=1S/C18H24N4O3/c1-13-12-24-14(2)10-22(13)11-18-20-16(21-25-18)8-17(23)19-9-15-6-4-3-5-7-15/h3-7,13-14H,8-12H2,1-2H3,(H,19,23)/t13-,14+/m0/s1. The molecule has 3 rings (SSSR count). The van der Waals surface area contributed by atoms with Crippen LogP contribution in [0.4, 0.5) is 0 Å². The van der Waals surface area contributed by atoms with E-state index in [-0.39, 0.29) is 18.4 Å². The molecule has 1 aromatic carbocycles. The predicted octanol–water partition coefficient (Wildman–Crippen LogP) is 1.54. The van der Waals surface area contributed by atoms with E-state index in [2.05, 4.69) is 34.2 Å². The molecule has 0 radical (unpaired) electrons. The fourth-order valence-corrected chi connectivity index (χ4v) is 2.79. The Labute approximate surface area is 147 Å². The second-order valence-corrected chi connectivity index (χ2v) is 6.47. The molecule has 2 aromatic rings. The third kappa shape index (κ3) is 5.11. The first-order valence-electron chi connectivity index (χ1n) is 8.58. The lowest BCUT2D eigenvalue weighted by Crippen LogP contribution is -2.46. The summed E-state index contributed by atoms with van der Waals surface area (Å²) in [5, 5.41) is 6.78. The second-order valence-electron chi connectivity index (χ2n) is 6.47. The maximum atomic E-state index is 12.0. The van der Waals surface area contributed by atoms with Crippen molar-refractivity contribution < 1.29 is 14.1 Å². The van der Waals surface area contributed by atoms with Gasteiger partial charge < -0.3 is 14.6 Å². The van der Waals surface area contributed by atoms with Gasteiger partial charge in [0.25, 0.3) is 0 Å². The molecule has 0 saturated carbocycles. The van der Waals surface area contributed by atoms with Gasteiger partial charge in [0.1, 0.15) is 0 Å². The van der Waals surface area contributed by atoms with Crippen molar-refractivity contribution in [3.8, 4) is 0 Å². The predicted molar refractivity (Wildman–Crippen MR) is 91.6 cm³/mol. The number of carbonyl (C=O) groups excluding carboxylic acids is 1. The van der Waals surface area contributed by atoms with E-state index in [1.807, 2.05) is 30.3 Å². The summed E-state index contributed by atoms with van der Waals surface area (Å²) in [7, 11) is 0. The van der Waals surface area contributed by atoms with Gasteiger partial charge in [-0.05, 0) is 19.4 Å². The number of nitrogens with one attached hydrogen (secondary N) is 1. The smallest absolute Gasteiger partial charge is 0.240 e. The minimum Gasteiger partial charge on any atom is -0.376 e. The number of nitrogens with zero attached hydrogens (tertiary/aromatic N) is 3. The number of hydrogen-bond donors (Lipinski definition) is 1. The van der Waals surface area contributed by atoms with E-state index in [1.165, 1.54) is 0 Å². The topological polar surface area (TPSA) is 80.5 Å². The Hall–Kier alpha value is -2.25. The van der Waals surface area contributed by atoms with Gasteiger partial charge in [0.05, 0.1) is 25.7 Å². The van der Waals surface area contributed by atoms with Gasteiger partial charge in [0.15, 0.2) is 5.82 Å². The molecule has 0 bridgehead atoms. The van der Waals surface area contributed by atoms with Gasteiger partial charge in [-0.15, -0.1) is 0 Å². The number of carbonyl (C=O) groups is 1. The highest BCUT2D eigenvalue weighted by molar-refractivity contribution is 5.77. The van der Waals surface area contributed by atoms with Crippen molar-refractivity contribution in [2.24, 2.45) is 0 Å². The van der Waals surface area contributed by atoms with Crippen molar-refractivity contribution >= 4 is 5.91 Å². The average molecular weight is 344 g/mol. The summed E-state index contributed by atoms with van der Waals surface area (Å²) in [6.45, 7) is 6.76. The Balaban J connectivity index is 1.48. The highest BCUT2D eigenvalue weighted by atomic mass is 16.5. The van der Waals surface area contributed by atoms with Gasteiger partial charge in [-0.25, -0.2) is 0 Å². The molecule has 1 aliphatic rings. The zero-order valence-corrected chi connectivity index (χ0v) is 14.6. The van der Waals surface area contributed by atoms with Crippen LogP contribution in [0.5, 0.6) is 0 Å². The van der Waals surface area contributed by atoms with E-state index in [9.17, 15) is 4.79 Å². The largest absolute Gasteiger partial charge is 0.376 e. The zero-order valence-electron chi connectivity index (χ0n) is 14.6. The Kier molecular flexibility index (Phi) is 5.78. The highest BCUT2D eigenvalue weighted by Gasteiger charge is 2.25. The van der Waals surface area contributed by atoms with E-state index >= 15 is 0 Å². The summed E-state index contributed by atoms with van der Waals surface area (Å²) >= 11 is 0. The molecule has 0 spiro atoms. The lowest BCUT2D eigenvalue weighted by Gasteiger charge is -2.35. The number of hydrogen-bond acceptors (Lipinski definition) is 6. The third-order valence-electron chi connectivity index (χ3n) is 4.24. The van der Waals surface area contributed by atoms with E-state index < -0.39 is 0 Å². The van der Waals surface area contributed by atoms with Crippen molar-refractivity contribution in [3.05, 3.63) is 47.6 Å². The molecule has 25 heavy (non-hydrogen) atoms. The number of amides is 1. The first kappa shape index (κ1) is 17.6. The van der Waals surface area contributed by atoms with E-state index in [0.29, 0.717) is 37.5 Å². The summed E-state index contributed by atoms with van der Waals surface area (Å²) in [5.41, 5.74) is 1.06. The van der Waals surface area contributed by atoms with E-state index in [1.54, 1.807) is 0 Å². The van der Waals surface area contributed by atoms with Crippen LogP contribution in [0.25, 0.3) is 0 Å². The molecule has 1 aliphatic heterocycles. The van der Waals surface area contributed by atoms with E-state index in [0.717, 1.165) is 12.1 Å². The summed E-state index contributed by atoms with van der Waals surface area (Å²) in [6, 6.07) is 10.1. The molecular weight excluding hydrogens is 320 g/mol. The van der Waals surface area contributed by atoms with E-state index in [4.69, 9.17) is 9.26 Å². The maximum Gasteiger partial charge on any atom is 0.240 e. The third-order valence-corrected chi connectivity index (χ3v) is 4.24. The van der Waals surface area contributed by atoms with Gasteiger partial charge in [0.2, 0.25) is 11.8 Å². The van der Waals surface area contributed by atoms with Crippen LogP contribution in [0.2, 0.25) is 0 Å². The average Bonchev–Trinajstić information content (AvgIpc) is 3.04. The number of rotatable bonds is 6. The highest BCUT2D eigenvalue weighted by Crippen LogP contribution is 2.14. The molecule has 1 aromatic heterocycles. The lowest BCUT2D eigenvalue weighted by atomic mass is 10.2. The maximum absolute atomic E-state index is 12.0. The number of morpholine rings is 1. The van der Waals surface area contributed by atoms with Crippen molar-refractivity contribution in [2.45, 2.75) is 45.5 Å². The Bertz CT molecular complexity index is 689. The van der Waals surface area contributed by atoms with Crippen LogP contribution in [0.15, 0.2) is 34.9 Å². The molecule has 1 N–H and O–H groups in total. The van der Waals surface area contributed by atoms with Crippen molar-refractivity contribution in [3.63, 3.8) is 0 Å². The minimum atomic E-state index is -0.121. The molecule has 7 nitrogen and oxygen atoms in total. The van der Waals surface area contributed by atoms with Gasteiger partial charge in [-0.1, -0.05) is 35.5 Å². The van der Waals surface area contributed by atoms with Crippen LogP contribution in [-0.4, -0.2) is 46.2 Å².